The van der Waals surface area contributed by atoms with Crippen LogP contribution in [-0.2, 0) is 13.0 Å². The molecule has 0 amide bonds. The molecule has 1 aromatic rings. The number of hydrogen-bond donors (Lipinski definition) is 0. The highest BCUT2D eigenvalue weighted by molar-refractivity contribution is 5.99. The molecule has 1 heterocycles. The topological polar surface area (TPSA) is 34.9 Å². The van der Waals surface area contributed by atoms with Crippen LogP contribution in [0.25, 0.3) is 0 Å². The number of carbonyl (C=O) groups is 1. The number of rotatable bonds is 1. The van der Waals surface area contributed by atoms with Crippen molar-refractivity contribution < 1.29 is 22.4 Å². The first-order valence-corrected chi connectivity index (χ1v) is 4.61. The number of ketones is 1. The molecule has 0 aromatic carbocycles. The fraction of sp³-hybridized carbons (Fsp3) is 0.556. The zero-order valence-electron chi connectivity index (χ0n) is 8.31. The smallest absolute Gasteiger partial charge is 0.290 e. The van der Waals surface area contributed by atoms with Crippen LogP contribution in [0.1, 0.15) is 41.0 Å². The number of halogens is 4. The molecule has 3 nitrogen and oxygen atoms in total. The zero-order chi connectivity index (χ0) is 12.1. The van der Waals surface area contributed by atoms with Crippen LogP contribution < -0.4 is 0 Å². The first-order valence-electron chi connectivity index (χ1n) is 4.61. The van der Waals surface area contributed by atoms with Crippen molar-refractivity contribution >= 4 is 5.78 Å². The van der Waals surface area contributed by atoms with Crippen molar-refractivity contribution in [2.45, 2.75) is 25.2 Å². The first-order chi connectivity index (χ1) is 7.34. The molecular weight excluding hydrogens is 228 g/mol. The van der Waals surface area contributed by atoms with E-state index >= 15 is 0 Å². The molecule has 0 saturated heterocycles. The van der Waals surface area contributed by atoms with E-state index in [-0.39, 0.29) is 0 Å². The number of aromatic nitrogens is 2. The minimum Gasteiger partial charge on any atom is -0.294 e. The van der Waals surface area contributed by atoms with Gasteiger partial charge in [0, 0.05) is 19.9 Å². The third-order valence-corrected chi connectivity index (χ3v) is 2.57. The predicted molar refractivity (Wildman–Crippen MR) is 45.6 cm³/mol. The van der Waals surface area contributed by atoms with Gasteiger partial charge in [0.1, 0.15) is 11.4 Å². The van der Waals surface area contributed by atoms with E-state index in [1.165, 1.54) is 0 Å². The second-order valence-electron chi connectivity index (χ2n) is 3.66. The van der Waals surface area contributed by atoms with Gasteiger partial charge in [0.05, 0.1) is 5.56 Å². The van der Waals surface area contributed by atoms with Crippen LogP contribution in [0.15, 0.2) is 0 Å². The molecular formula is C9H8F4N2O. The number of aryl methyl sites for hydroxylation is 1. The van der Waals surface area contributed by atoms with Gasteiger partial charge >= 0.3 is 0 Å². The number of nitrogens with zero attached hydrogens (tertiary/aromatic N) is 2. The van der Waals surface area contributed by atoms with Crippen LogP contribution in [-0.4, -0.2) is 15.6 Å². The van der Waals surface area contributed by atoms with Crippen LogP contribution in [0.3, 0.4) is 0 Å². The number of hydrogen-bond acceptors (Lipinski definition) is 2. The third kappa shape index (κ3) is 1.42. The number of fused-ring (bicyclic) bond motifs is 1. The zero-order valence-corrected chi connectivity index (χ0v) is 8.31. The van der Waals surface area contributed by atoms with E-state index in [1.54, 1.807) is 0 Å². The van der Waals surface area contributed by atoms with E-state index in [2.05, 4.69) is 5.10 Å². The molecule has 0 spiro atoms. The quantitative estimate of drug-likeness (QED) is 0.702. The van der Waals surface area contributed by atoms with Crippen molar-refractivity contribution in [3.8, 4) is 0 Å². The second kappa shape index (κ2) is 3.29. The summed E-state index contributed by atoms with van der Waals surface area (Å²) in [6.45, 7) is 0. The summed E-state index contributed by atoms with van der Waals surface area (Å²) in [5.74, 6) is -3.96. The number of carbonyl (C=O) groups excluding carboxylic acids is 1. The van der Waals surface area contributed by atoms with Gasteiger partial charge in [-0.2, -0.15) is 13.9 Å². The molecule has 0 unspecified atom stereocenters. The molecule has 0 aliphatic heterocycles. The van der Waals surface area contributed by atoms with Crippen molar-refractivity contribution in [2.75, 3.05) is 0 Å². The Labute approximate surface area is 88.0 Å². The van der Waals surface area contributed by atoms with Crippen LogP contribution in [0, 0.1) is 0 Å². The lowest BCUT2D eigenvalue weighted by atomic mass is 9.91. The van der Waals surface area contributed by atoms with Crippen molar-refractivity contribution in [3.63, 3.8) is 0 Å². The molecule has 1 aliphatic carbocycles. The normalized spacial score (nSPS) is 19.0. The molecule has 88 valence electrons. The lowest BCUT2D eigenvalue weighted by Gasteiger charge is -2.22. The summed E-state index contributed by atoms with van der Waals surface area (Å²) in [4.78, 5) is 11.4. The van der Waals surface area contributed by atoms with Gasteiger partial charge in [-0.05, 0) is 0 Å². The van der Waals surface area contributed by atoms with Crippen LogP contribution >= 0.6 is 0 Å². The van der Waals surface area contributed by atoms with Crippen molar-refractivity contribution in [2.24, 2.45) is 7.05 Å². The maximum absolute atomic E-state index is 13.5. The third-order valence-electron chi connectivity index (χ3n) is 2.57. The van der Waals surface area contributed by atoms with E-state index in [0.717, 1.165) is 7.05 Å². The Morgan fingerprint density at radius 1 is 1.44 bits per heavy atom. The molecule has 1 aromatic heterocycles. The summed E-state index contributed by atoms with van der Waals surface area (Å²) >= 11 is 0. The fourth-order valence-electron chi connectivity index (χ4n) is 1.91. The summed E-state index contributed by atoms with van der Waals surface area (Å²) in [5.41, 5.74) is -2.14. The minimum absolute atomic E-state index is 0.425. The number of Topliss-reactive ketones (excluding diaryl/α,β-unsaturated/α-hetero) is 1. The van der Waals surface area contributed by atoms with Gasteiger partial charge in [0.25, 0.3) is 12.3 Å². The summed E-state index contributed by atoms with van der Waals surface area (Å²) in [6, 6.07) is 0. The largest absolute Gasteiger partial charge is 0.294 e. The molecule has 0 N–H and O–H groups in total. The Kier molecular flexibility index (Phi) is 2.28. The molecule has 1 aliphatic rings. The standard InChI is InChI=1S/C9H8F4N2O/c1-15-7-5(6(14-15)8(10)11)4(16)2-3-9(7,12)13/h8H,2-3H2,1H3. The minimum atomic E-state index is -3.27. The SMILES string of the molecule is Cn1nc(C(F)F)c2c1C(F)(F)CCC2=O. The molecule has 0 radical (unpaired) electrons. The van der Waals surface area contributed by atoms with E-state index in [0.29, 0.717) is 4.68 Å². The second-order valence-corrected chi connectivity index (χ2v) is 3.66. The Balaban J connectivity index is 2.70. The van der Waals surface area contributed by atoms with Crippen LogP contribution in [0.2, 0.25) is 0 Å². The maximum Gasteiger partial charge on any atom is 0.290 e. The molecule has 0 fully saturated rings. The van der Waals surface area contributed by atoms with E-state index < -0.39 is 47.9 Å². The van der Waals surface area contributed by atoms with Gasteiger partial charge in [-0.15, -0.1) is 0 Å². The number of alkyl halides is 4. The lowest BCUT2D eigenvalue weighted by molar-refractivity contribution is -0.0268. The average molecular weight is 236 g/mol. The van der Waals surface area contributed by atoms with Crippen molar-refractivity contribution in [3.05, 3.63) is 17.0 Å². The first kappa shape index (κ1) is 11.1. The highest BCUT2D eigenvalue weighted by Gasteiger charge is 2.46. The van der Waals surface area contributed by atoms with Crippen molar-refractivity contribution in [1.29, 1.82) is 0 Å². The van der Waals surface area contributed by atoms with E-state index in [1.807, 2.05) is 0 Å². The summed E-state index contributed by atoms with van der Waals surface area (Å²) in [7, 11) is 1.14. The Hall–Kier alpha value is -1.40. The summed E-state index contributed by atoms with van der Waals surface area (Å²) in [6.07, 6.45) is -4.10. The van der Waals surface area contributed by atoms with Gasteiger partial charge < -0.3 is 0 Å². The van der Waals surface area contributed by atoms with E-state index in [9.17, 15) is 22.4 Å². The molecule has 2 rings (SSSR count). The lowest BCUT2D eigenvalue weighted by Crippen LogP contribution is -2.27. The maximum atomic E-state index is 13.5. The molecule has 7 heteroatoms. The molecule has 0 atom stereocenters. The summed E-state index contributed by atoms with van der Waals surface area (Å²) in [5, 5.41) is 3.30. The van der Waals surface area contributed by atoms with Gasteiger partial charge in [-0.3, -0.25) is 9.48 Å². The Bertz CT molecular complexity index is 453. The fourth-order valence-corrected chi connectivity index (χ4v) is 1.91. The van der Waals surface area contributed by atoms with Gasteiger partial charge in [-0.1, -0.05) is 0 Å². The highest BCUT2D eigenvalue weighted by atomic mass is 19.3. The molecule has 0 bridgehead atoms. The molecule has 0 saturated carbocycles. The average Bonchev–Trinajstić information content (AvgIpc) is 2.52. The van der Waals surface area contributed by atoms with Crippen molar-refractivity contribution in [1.82, 2.24) is 9.78 Å². The summed E-state index contributed by atoms with van der Waals surface area (Å²) < 4.78 is 52.6. The van der Waals surface area contributed by atoms with Gasteiger partial charge in [0.2, 0.25) is 0 Å². The molecule has 16 heavy (non-hydrogen) atoms. The Morgan fingerprint density at radius 2 is 2.06 bits per heavy atom. The van der Waals surface area contributed by atoms with E-state index in [4.69, 9.17) is 0 Å². The Morgan fingerprint density at radius 3 is 2.62 bits per heavy atom. The van der Waals surface area contributed by atoms with Crippen LogP contribution in [0.5, 0.6) is 0 Å². The van der Waals surface area contributed by atoms with Gasteiger partial charge in [0.15, 0.2) is 5.78 Å². The van der Waals surface area contributed by atoms with Crippen LogP contribution in [0.4, 0.5) is 17.6 Å². The highest BCUT2D eigenvalue weighted by Crippen LogP contribution is 2.42. The monoisotopic (exact) mass is 236 g/mol. The van der Waals surface area contributed by atoms with Gasteiger partial charge in [-0.25, -0.2) is 8.78 Å². The predicted octanol–water partition coefficient (Wildman–Crippen LogP) is 2.43.